The number of hydrogen-bond donors (Lipinski definition) is 1. The molecule has 0 radical (unpaired) electrons. The molecule has 1 atom stereocenters. The molecule has 0 aromatic heterocycles. The van der Waals surface area contributed by atoms with Gasteiger partial charge in [0.15, 0.2) is 0 Å². The number of sulfonamides is 1. The highest BCUT2D eigenvalue weighted by molar-refractivity contribution is 7.92. The Morgan fingerprint density at radius 2 is 1.70 bits per heavy atom. The SMILES string of the molecule is CC[C@H](C(=O)Nc1cc([N+](=O)[O-])ccc1C)N(c1cccc([N+](=O)[O-])c1)S(C)(=O)=O. The van der Waals surface area contributed by atoms with Gasteiger partial charge < -0.3 is 5.32 Å². The van der Waals surface area contributed by atoms with Gasteiger partial charge in [-0.3, -0.25) is 29.3 Å². The number of rotatable bonds is 8. The molecule has 0 spiro atoms. The summed E-state index contributed by atoms with van der Waals surface area (Å²) in [6.07, 6.45) is 0.940. The van der Waals surface area contributed by atoms with Crippen molar-refractivity contribution in [2.75, 3.05) is 15.9 Å². The van der Waals surface area contributed by atoms with Crippen molar-refractivity contribution < 1.29 is 23.1 Å². The molecule has 0 unspecified atom stereocenters. The van der Waals surface area contributed by atoms with Crippen LogP contribution in [0.1, 0.15) is 18.9 Å². The fraction of sp³-hybridized carbons (Fsp3) is 0.278. The van der Waals surface area contributed by atoms with Gasteiger partial charge in [0.1, 0.15) is 6.04 Å². The van der Waals surface area contributed by atoms with Crippen LogP contribution in [0.4, 0.5) is 22.7 Å². The minimum atomic E-state index is -4.00. The number of anilines is 2. The average Bonchev–Trinajstić information content (AvgIpc) is 2.66. The van der Waals surface area contributed by atoms with Gasteiger partial charge in [-0.15, -0.1) is 0 Å². The van der Waals surface area contributed by atoms with E-state index in [1.54, 1.807) is 13.8 Å². The fourth-order valence-electron chi connectivity index (χ4n) is 2.88. The Kier molecular flexibility index (Phi) is 6.72. The van der Waals surface area contributed by atoms with Crippen LogP contribution in [0.2, 0.25) is 0 Å². The van der Waals surface area contributed by atoms with Gasteiger partial charge in [-0.05, 0) is 25.0 Å². The molecule has 12 heteroatoms. The molecule has 1 amide bonds. The van der Waals surface area contributed by atoms with Crippen molar-refractivity contribution in [3.63, 3.8) is 0 Å². The summed E-state index contributed by atoms with van der Waals surface area (Å²) in [7, 11) is -4.00. The number of nitrogens with one attached hydrogen (secondary N) is 1. The maximum absolute atomic E-state index is 12.9. The van der Waals surface area contributed by atoms with E-state index < -0.39 is 31.8 Å². The molecule has 2 aromatic carbocycles. The first-order valence-corrected chi connectivity index (χ1v) is 10.6. The summed E-state index contributed by atoms with van der Waals surface area (Å²) in [5.74, 6) is -0.724. The highest BCUT2D eigenvalue weighted by Gasteiger charge is 2.32. The van der Waals surface area contributed by atoms with E-state index >= 15 is 0 Å². The van der Waals surface area contributed by atoms with Gasteiger partial charge in [0.2, 0.25) is 15.9 Å². The molecule has 1 N–H and O–H groups in total. The van der Waals surface area contributed by atoms with E-state index in [0.717, 1.165) is 16.6 Å². The molecular formula is C18H20N4O7S. The van der Waals surface area contributed by atoms with Crippen molar-refractivity contribution in [1.29, 1.82) is 0 Å². The molecule has 0 saturated carbocycles. The van der Waals surface area contributed by atoms with Gasteiger partial charge in [0, 0.05) is 24.3 Å². The molecule has 0 aliphatic carbocycles. The van der Waals surface area contributed by atoms with E-state index in [2.05, 4.69) is 5.32 Å². The Bertz CT molecular complexity index is 1100. The van der Waals surface area contributed by atoms with E-state index in [-0.39, 0.29) is 29.2 Å². The van der Waals surface area contributed by atoms with Crippen molar-refractivity contribution in [3.8, 4) is 0 Å². The predicted octanol–water partition coefficient (Wildman–Crippen LogP) is 2.99. The molecule has 0 fully saturated rings. The zero-order valence-corrected chi connectivity index (χ0v) is 17.3. The summed E-state index contributed by atoms with van der Waals surface area (Å²) >= 11 is 0. The van der Waals surface area contributed by atoms with Crippen molar-refractivity contribution in [3.05, 3.63) is 68.3 Å². The quantitative estimate of drug-likeness (QED) is 0.493. The fourth-order valence-corrected chi connectivity index (χ4v) is 4.08. The van der Waals surface area contributed by atoms with Crippen LogP contribution in [-0.2, 0) is 14.8 Å². The Balaban J connectivity index is 2.47. The Morgan fingerprint density at radius 1 is 1.10 bits per heavy atom. The lowest BCUT2D eigenvalue weighted by Gasteiger charge is -2.30. The molecule has 0 aliphatic rings. The molecule has 0 saturated heterocycles. The molecule has 30 heavy (non-hydrogen) atoms. The van der Waals surface area contributed by atoms with E-state index in [1.165, 1.54) is 36.4 Å². The zero-order chi connectivity index (χ0) is 22.6. The number of carbonyl (C=O) groups excluding carboxylic acids is 1. The van der Waals surface area contributed by atoms with Gasteiger partial charge in [0.05, 0.1) is 27.5 Å². The zero-order valence-electron chi connectivity index (χ0n) is 16.4. The molecule has 11 nitrogen and oxygen atoms in total. The largest absolute Gasteiger partial charge is 0.324 e. The maximum atomic E-state index is 12.9. The topological polar surface area (TPSA) is 153 Å². The summed E-state index contributed by atoms with van der Waals surface area (Å²) in [4.78, 5) is 33.7. The number of nitro groups is 2. The van der Waals surface area contributed by atoms with Gasteiger partial charge in [-0.2, -0.15) is 0 Å². The number of amides is 1. The number of non-ortho nitro benzene ring substituents is 2. The third-order valence-electron chi connectivity index (χ3n) is 4.31. The van der Waals surface area contributed by atoms with Crippen molar-refractivity contribution in [2.24, 2.45) is 0 Å². The van der Waals surface area contributed by atoms with Crippen LogP contribution in [0.5, 0.6) is 0 Å². The molecule has 0 heterocycles. The highest BCUT2D eigenvalue weighted by atomic mass is 32.2. The third kappa shape index (κ3) is 5.08. The van der Waals surface area contributed by atoms with Gasteiger partial charge in [-0.1, -0.05) is 19.1 Å². The Morgan fingerprint density at radius 3 is 2.23 bits per heavy atom. The Hall–Kier alpha value is -3.54. The molecule has 2 rings (SSSR count). The lowest BCUT2D eigenvalue weighted by atomic mass is 10.1. The van der Waals surface area contributed by atoms with Crippen LogP contribution in [0, 0.1) is 27.2 Å². The van der Waals surface area contributed by atoms with Crippen LogP contribution in [-0.4, -0.2) is 36.5 Å². The lowest BCUT2D eigenvalue weighted by Crippen LogP contribution is -2.47. The number of aryl methyl sites for hydroxylation is 1. The van der Waals surface area contributed by atoms with Crippen molar-refractivity contribution in [2.45, 2.75) is 26.3 Å². The maximum Gasteiger partial charge on any atom is 0.271 e. The first-order valence-electron chi connectivity index (χ1n) is 8.75. The summed E-state index contributed by atoms with van der Waals surface area (Å²) in [6.45, 7) is 3.22. The molecule has 2 aromatic rings. The summed E-state index contributed by atoms with van der Waals surface area (Å²) in [5.41, 5.74) is 0.114. The highest BCUT2D eigenvalue weighted by Crippen LogP contribution is 2.28. The number of nitro benzene ring substituents is 2. The number of nitrogens with zero attached hydrogens (tertiary/aromatic N) is 3. The first-order chi connectivity index (χ1) is 14.0. The average molecular weight is 436 g/mol. The molecule has 0 bridgehead atoms. The summed E-state index contributed by atoms with van der Waals surface area (Å²) in [5, 5.41) is 24.6. The standard InChI is InChI=1S/C18H20N4O7S/c1-4-17(18(23)19-16-11-15(22(26)27)9-8-12(16)2)20(30(3,28)29)13-6-5-7-14(10-13)21(24)25/h5-11,17H,4H2,1-3H3,(H,19,23)/t17-/m1/s1. The molecule has 160 valence electrons. The molecule has 0 aliphatic heterocycles. The minimum Gasteiger partial charge on any atom is -0.324 e. The van der Waals surface area contributed by atoms with Gasteiger partial charge in [0.25, 0.3) is 11.4 Å². The third-order valence-corrected chi connectivity index (χ3v) is 5.49. The second-order valence-corrected chi connectivity index (χ2v) is 8.36. The monoisotopic (exact) mass is 436 g/mol. The van der Waals surface area contributed by atoms with E-state index in [9.17, 15) is 33.4 Å². The lowest BCUT2D eigenvalue weighted by molar-refractivity contribution is -0.385. The van der Waals surface area contributed by atoms with Crippen LogP contribution in [0.3, 0.4) is 0 Å². The van der Waals surface area contributed by atoms with Crippen LogP contribution in [0.25, 0.3) is 0 Å². The van der Waals surface area contributed by atoms with Crippen LogP contribution >= 0.6 is 0 Å². The van der Waals surface area contributed by atoms with E-state index in [0.29, 0.717) is 5.56 Å². The van der Waals surface area contributed by atoms with Gasteiger partial charge in [-0.25, -0.2) is 8.42 Å². The smallest absolute Gasteiger partial charge is 0.271 e. The predicted molar refractivity (Wildman–Crippen MR) is 111 cm³/mol. The van der Waals surface area contributed by atoms with E-state index in [1.807, 2.05) is 0 Å². The second-order valence-electron chi connectivity index (χ2n) is 6.51. The van der Waals surface area contributed by atoms with Crippen LogP contribution < -0.4 is 9.62 Å². The summed E-state index contributed by atoms with van der Waals surface area (Å²) in [6, 6.07) is 7.63. The second kappa shape index (κ2) is 8.86. The number of benzene rings is 2. The first kappa shape index (κ1) is 22.7. The van der Waals surface area contributed by atoms with Crippen molar-refractivity contribution in [1.82, 2.24) is 0 Å². The van der Waals surface area contributed by atoms with E-state index in [4.69, 9.17) is 0 Å². The summed E-state index contributed by atoms with van der Waals surface area (Å²) < 4.78 is 25.7. The minimum absolute atomic E-state index is 0.0375. The number of carbonyl (C=O) groups is 1. The Labute approximate surface area is 172 Å². The normalized spacial score (nSPS) is 12.1. The number of hydrogen-bond acceptors (Lipinski definition) is 7. The molecular weight excluding hydrogens is 416 g/mol. The van der Waals surface area contributed by atoms with Gasteiger partial charge >= 0.3 is 0 Å². The van der Waals surface area contributed by atoms with Crippen molar-refractivity contribution >= 4 is 38.7 Å². The van der Waals surface area contributed by atoms with Crippen LogP contribution in [0.15, 0.2) is 42.5 Å².